The van der Waals surface area contributed by atoms with Gasteiger partial charge in [-0.25, -0.2) is 4.68 Å². The molecule has 1 heterocycles. The van der Waals surface area contributed by atoms with E-state index >= 15 is 0 Å². The van der Waals surface area contributed by atoms with Crippen LogP contribution in [0.5, 0.6) is 0 Å². The molecule has 0 bridgehead atoms. The van der Waals surface area contributed by atoms with Crippen molar-refractivity contribution in [1.29, 1.82) is 0 Å². The third kappa shape index (κ3) is 5.59. The Bertz CT molecular complexity index is 950. The molecule has 1 aromatic carbocycles. The normalized spacial score (nSPS) is 18.3. The SMILES string of the molecule is CCCN(CC(=O)Nc1cc(C(C)(C)C)nn1C(C)(C)C)C(=O)C1CC1c1ccccc1. The Morgan fingerprint density at radius 2 is 1.78 bits per heavy atom. The van der Waals surface area contributed by atoms with Crippen LogP contribution in [0.2, 0.25) is 0 Å². The summed E-state index contributed by atoms with van der Waals surface area (Å²) in [7, 11) is 0. The van der Waals surface area contributed by atoms with Crippen molar-refractivity contribution < 1.29 is 9.59 Å². The van der Waals surface area contributed by atoms with Gasteiger partial charge >= 0.3 is 0 Å². The van der Waals surface area contributed by atoms with Gasteiger partial charge in [0, 0.05) is 23.9 Å². The molecule has 1 fully saturated rings. The summed E-state index contributed by atoms with van der Waals surface area (Å²) in [5, 5.41) is 7.78. The minimum absolute atomic E-state index is 0.0238. The lowest BCUT2D eigenvalue weighted by Gasteiger charge is -2.24. The fourth-order valence-electron chi connectivity index (χ4n) is 4.01. The van der Waals surface area contributed by atoms with Gasteiger partial charge in [-0.05, 0) is 45.1 Å². The van der Waals surface area contributed by atoms with Gasteiger partial charge in [0.25, 0.3) is 0 Å². The molecule has 2 amide bonds. The van der Waals surface area contributed by atoms with E-state index in [1.807, 2.05) is 35.9 Å². The lowest BCUT2D eigenvalue weighted by Crippen LogP contribution is -2.40. The first-order valence-corrected chi connectivity index (χ1v) is 11.7. The summed E-state index contributed by atoms with van der Waals surface area (Å²) in [5.41, 5.74) is 1.73. The number of hydrogen-bond donors (Lipinski definition) is 1. The highest BCUT2D eigenvalue weighted by atomic mass is 16.2. The molecule has 1 aromatic heterocycles. The molecular weight excluding hydrogens is 400 g/mol. The van der Waals surface area contributed by atoms with Crippen LogP contribution in [0.3, 0.4) is 0 Å². The number of carbonyl (C=O) groups is 2. The molecule has 2 aromatic rings. The lowest BCUT2D eigenvalue weighted by atomic mass is 9.92. The second kappa shape index (κ2) is 9.08. The maximum Gasteiger partial charge on any atom is 0.245 e. The highest BCUT2D eigenvalue weighted by molar-refractivity contribution is 5.95. The fraction of sp³-hybridized carbons (Fsp3) is 0.577. The van der Waals surface area contributed by atoms with Crippen molar-refractivity contribution in [2.45, 2.75) is 78.2 Å². The predicted octanol–water partition coefficient (Wildman–Crippen LogP) is 4.92. The largest absolute Gasteiger partial charge is 0.333 e. The van der Waals surface area contributed by atoms with Crippen molar-refractivity contribution in [1.82, 2.24) is 14.7 Å². The summed E-state index contributed by atoms with van der Waals surface area (Å²) < 4.78 is 1.86. The highest BCUT2D eigenvalue weighted by Crippen LogP contribution is 2.48. The van der Waals surface area contributed by atoms with Gasteiger partial charge < -0.3 is 10.2 Å². The Labute approximate surface area is 192 Å². The molecule has 32 heavy (non-hydrogen) atoms. The number of hydrogen-bond acceptors (Lipinski definition) is 3. The van der Waals surface area contributed by atoms with Crippen molar-refractivity contribution in [3.63, 3.8) is 0 Å². The quantitative estimate of drug-likeness (QED) is 0.667. The molecule has 1 aliphatic rings. The lowest BCUT2D eigenvalue weighted by molar-refractivity contribution is -0.136. The van der Waals surface area contributed by atoms with Gasteiger partial charge in [0.1, 0.15) is 5.82 Å². The van der Waals surface area contributed by atoms with Crippen molar-refractivity contribution >= 4 is 17.6 Å². The van der Waals surface area contributed by atoms with Gasteiger partial charge in [-0.15, -0.1) is 0 Å². The van der Waals surface area contributed by atoms with E-state index in [0.29, 0.717) is 12.4 Å². The van der Waals surface area contributed by atoms with E-state index in [9.17, 15) is 9.59 Å². The zero-order valence-electron chi connectivity index (χ0n) is 20.6. The number of aromatic nitrogens is 2. The molecule has 3 rings (SSSR count). The van der Waals surface area contributed by atoms with Crippen molar-refractivity contribution in [2.75, 3.05) is 18.4 Å². The van der Waals surface area contributed by atoms with Crippen LogP contribution in [-0.4, -0.2) is 39.6 Å². The van der Waals surface area contributed by atoms with Crippen molar-refractivity contribution in [2.24, 2.45) is 5.92 Å². The monoisotopic (exact) mass is 438 g/mol. The van der Waals surface area contributed by atoms with E-state index in [4.69, 9.17) is 5.10 Å². The number of benzene rings is 1. The standard InChI is InChI=1S/C26H38N4O2/c1-8-14-29(24(32)20-15-19(20)18-12-10-9-11-13-18)17-23(31)27-22-16-21(25(2,3)4)28-30(22)26(5,6)7/h9-13,16,19-20H,8,14-15,17H2,1-7H3,(H,27,31). The maximum atomic E-state index is 13.2. The Morgan fingerprint density at radius 3 is 2.34 bits per heavy atom. The van der Waals surface area contributed by atoms with Gasteiger partial charge in [0.2, 0.25) is 11.8 Å². The van der Waals surface area contributed by atoms with E-state index in [1.54, 1.807) is 4.90 Å². The Morgan fingerprint density at radius 1 is 1.12 bits per heavy atom. The van der Waals surface area contributed by atoms with E-state index in [0.717, 1.165) is 18.5 Å². The number of nitrogens with zero attached hydrogens (tertiary/aromatic N) is 3. The Hall–Kier alpha value is -2.63. The fourth-order valence-corrected chi connectivity index (χ4v) is 4.01. The summed E-state index contributed by atoms with van der Waals surface area (Å²) in [5.74, 6) is 0.808. The zero-order chi connectivity index (χ0) is 23.7. The molecule has 1 N–H and O–H groups in total. The molecule has 0 aliphatic heterocycles. The molecule has 1 saturated carbocycles. The van der Waals surface area contributed by atoms with Crippen LogP contribution in [0.1, 0.15) is 78.5 Å². The van der Waals surface area contributed by atoms with Crippen LogP contribution in [-0.2, 0) is 20.5 Å². The van der Waals surface area contributed by atoms with Crippen LogP contribution >= 0.6 is 0 Å². The third-order valence-corrected chi connectivity index (χ3v) is 5.86. The van der Waals surface area contributed by atoms with Gasteiger partial charge in [0.05, 0.1) is 17.8 Å². The second-order valence-corrected chi connectivity index (χ2v) is 10.9. The van der Waals surface area contributed by atoms with E-state index in [1.165, 1.54) is 5.56 Å². The predicted molar refractivity (Wildman–Crippen MR) is 129 cm³/mol. The molecule has 6 nitrogen and oxygen atoms in total. The van der Waals surface area contributed by atoms with Crippen LogP contribution in [0, 0.1) is 5.92 Å². The van der Waals surface area contributed by atoms with Gasteiger partial charge in [-0.3, -0.25) is 9.59 Å². The molecule has 2 atom stereocenters. The number of nitrogens with one attached hydrogen (secondary N) is 1. The smallest absolute Gasteiger partial charge is 0.245 e. The summed E-state index contributed by atoms with van der Waals surface area (Å²) in [6.45, 7) is 15.2. The first-order valence-electron chi connectivity index (χ1n) is 11.7. The first-order chi connectivity index (χ1) is 14.9. The van der Waals surface area contributed by atoms with Gasteiger partial charge in [0.15, 0.2) is 0 Å². The molecule has 1 aliphatic carbocycles. The van der Waals surface area contributed by atoms with Crippen LogP contribution in [0.25, 0.3) is 0 Å². The summed E-state index contributed by atoms with van der Waals surface area (Å²) in [4.78, 5) is 27.9. The zero-order valence-corrected chi connectivity index (χ0v) is 20.6. The molecule has 0 spiro atoms. The van der Waals surface area contributed by atoms with Gasteiger partial charge in [-0.1, -0.05) is 58.0 Å². The number of carbonyl (C=O) groups excluding carboxylic acids is 2. The average Bonchev–Trinajstić information content (AvgIpc) is 3.38. The van der Waals surface area contributed by atoms with E-state index < -0.39 is 0 Å². The molecule has 0 radical (unpaired) electrons. The van der Waals surface area contributed by atoms with Crippen molar-refractivity contribution in [3.05, 3.63) is 47.7 Å². The van der Waals surface area contributed by atoms with Crippen LogP contribution in [0.15, 0.2) is 36.4 Å². The molecule has 6 heteroatoms. The second-order valence-electron chi connectivity index (χ2n) is 10.9. The van der Waals surface area contributed by atoms with Crippen LogP contribution in [0.4, 0.5) is 5.82 Å². The average molecular weight is 439 g/mol. The van der Waals surface area contributed by atoms with E-state index in [2.05, 4.69) is 59.0 Å². The number of anilines is 1. The summed E-state index contributed by atoms with van der Waals surface area (Å²) in [6, 6.07) is 12.1. The third-order valence-electron chi connectivity index (χ3n) is 5.86. The van der Waals surface area contributed by atoms with Crippen LogP contribution < -0.4 is 5.32 Å². The molecule has 174 valence electrons. The first kappa shape index (κ1) is 24.0. The van der Waals surface area contributed by atoms with Crippen molar-refractivity contribution in [3.8, 4) is 0 Å². The number of rotatable bonds is 7. The summed E-state index contributed by atoms with van der Waals surface area (Å²) in [6.07, 6.45) is 1.67. The Kier molecular flexibility index (Phi) is 6.82. The minimum atomic E-state index is -0.276. The topological polar surface area (TPSA) is 67.2 Å². The highest BCUT2D eigenvalue weighted by Gasteiger charge is 2.45. The Balaban J connectivity index is 1.71. The molecular formula is C26H38N4O2. The van der Waals surface area contributed by atoms with E-state index in [-0.39, 0.29) is 41.1 Å². The minimum Gasteiger partial charge on any atom is -0.333 e. The van der Waals surface area contributed by atoms with Gasteiger partial charge in [-0.2, -0.15) is 5.10 Å². The summed E-state index contributed by atoms with van der Waals surface area (Å²) >= 11 is 0. The molecule has 0 saturated heterocycles. The maximum absolute atomic E-state index is 13.2. The molecule has 2 unspecified atom stereocenters. The number of amides is 2.